The normalized spacial score (nSPS) is 23.0. The lowest BCUT2D eigenvalue weighted by Gasteiger charge is -2.45. The number of urea groups is 1. The summed E-state index contributed by atoms with van der Waals surface area (Å²) < 4.78 is 0. The number of carbonyl (C=O) groups is 2. The number of fused-ring (bicyclic) bond motifs is 1. The zero-order valence-electron chi connectivity index (χ0n) is 13.1. The van der Waals surface area contributed by atoms with Crippen LogP contribution in [-0.2, 0) is 4.79 Å². The van der Waals surface area contributed by atoms with Gasteiger partial charge in [-0.2, -0.15) is 0 Å². The van der Waals surface area contributed by atoms with Gasteiger partial charge < -0.3 is 14.9 Å². The monoisotopic (exact) mass is 297 g/mol. The van der Waals surface area contributed by atoms with Crippen LogP contribution in [0.25, 0.3) is 0 Å². The van der Waals surface area contributed by atoms with Crippen molar-refractivity contribution in [2.24, 2.45) is 0 Å². The van der Waals surface area contributed by atoms with E-state index in [9.17, 15) is 9.59 Å². The summed E-state index contributed by atoms with van der Waals surface area (Å²) >= 11 is 0. The molecule has 2 aliphatic rings. The Morgan fingerprint density at radius 1 is 1.24 bits per heavy atom. The van der Waals surface area contributed by atoms with Crippen LogP contribution in [0.1, 0.15) is 39.5 Å². The van der Waals surface area contributed by atoms with Gasteiger partial charge in [0.1, 0.15) is 0 Å². The number of carbonyl (C=O) groups excluding carboxylic acids is 1. The van der Waals surface area contributed by atoms with Crippen LogP contribution >= 0.6 is 0 Å². The molecule has 0 aromatic rings. The molecule has 0 aromatic carbocycles. The zero-order valence-corrected chi connectivity index (χ0v) is 13.1. The largest absolute Gasteiger partial charge is 0.481 e. The lowest BCUT2D eigenvalue weighted by Crippen LogP contribution is -2.59. The number of rotatable bonds is 4. The van der Waals surface area contributed by atoms with Gasteiger partial charge >= 0.3 is 12.0 Å². The molecular formula is C15H27N3O3. The Morgan fingerprint density at radius 2 is 2.00 bits per heavy atom. The van der Waals surface area contributed by atoms with Crippen molar-refractivity contribution in [2.75, 3.05) is 32.7 Å². The first kappa shape index (κ1) is 16.1. The highest BCUT2D eigenvalue weighted by Gasteiger charge is 2.33. The molecule has 2 amide bonds. The van der Waals surface area contributed by atoms with Crippen LogP contribution in [0, 0.1) is 0 Å². The molecule has 0 radical (unpaired) electrons. The van der Waals surface area contributed by atoms with Crippen molar-refractivity contribution < 1.29 is 14.7 Å². The van der Waals surface area contributed by atoms with E-state index in [2.05, 4.69) is 4.90 Å². The van der Waals surface area contributed by atoms with Gasteiger partial charge in [-0.3, -0.25) is 9.69 Å². The minimum Gasteiger partial charge on any atom is -0.481 e. The van der Waals surface area contributed by atoms with Crippen molar-refractivity contribution in [3.05, 3.63) is 0 Å². The van der Waals surface area contributed by atoms with Gasteiger partial charge in [0, 0.05) is 38.3 Å². The van der Waals surface area contributed by atoms with E-state index in [-0.39, 0.29) is 25.0 Å². The van der Waals surface area contributed by atoms with Gasteiger partial charge in [0.25, 0.3) is 0 Å². The summed E-state index contributed by atoms with van der Waals surface area (Å²) in [5.41, 5.74) is 0. The third-order valence-corrected chi connectivity index (χ3v) is 4.54. The van der Waals surface area contributed by atoms with Gasteiger partial charge in [0.15, 0.2) is 0 Å². The Labute approximate surface area is 126 Å². The predicted octanol–water partition coefficient (Wildman–Crippen LogP) is 1.46. The first-order valence-electron chi connectivity index (χ1n) is 8.00. The van der Waals surface area contributed by atoms with Crippen molar-refractivity contribution >= 4 is 12.0 Å². The smallest absolute Gasteiger partial charge is 0.320 e. The molecule has 1 unspecified atom stereocenters. The molecule has 6 nitrogen and oxygen atoms in total. The van der Waals surface area contributed by atoms with Gasteiger partial charge in [-0.05, 0) is 33.2 Å². The Hall–Kier alpha value is -1.30. The molecule has 2 saturated heterocycles. The Bertz CT molecular complexity index is 386. The molecule has 2 heterocycles. The van der Waals surface area contributed by atoms with E-state index in [1.165, 1.54) is 19.3 Å². The molecule has 1 atom stereocenters. The van der Waals surface area contributed by atoms with E-state index >= 15 is 0 Å². The number of amides is 2. The molecule has 120 valence electrons. The molecule has 2 aliphatic heterocycles. The van der Waals surface area contributed by atoms with Gasteiger partial charge in [-0.15, -0.1) is 0 Å². The second-order valence-corrected chi connectivity index (χ2v) is 6.35. The molecule has 0 spiro atoms. The summed E-state index contributed by atoms with van der Waals surface area (Å²) in [5, 5.41) is 8.83. The van der Waals surface area contributed by atoms with E-state index in [0.717, 1.165) is 26.2 Å². The summed E-state index contributed by atoms with van der Waals surface area (Å²) in [6.45, 7) is 7.81. The van der Waals surface area contributed by atoms with E-state index < -0.39 is 5.97 Å². The average Bonchev–Trinajstić information content (AvgIpc) is 2.46. The van der Waals surface area contributed by atoms with Crippen LogP contribution in [0.3, 0.4) is 0 Å². The number of nitrogens with zero attached hydrogens (tertiary/aromatic N) is 3. The predicted molar refractivity (Wildman–Crippen MR) is 80.3 cm³/mol. The molecule has 6 heteroatoms. The highest BCUT2D eigenvalue weighted by molar-refractivity contribution is 5.76. The number of piperidine rings is 1. The Kier molecular flexibility index (Phi) is 5.45. The Morgan fingerprint density at radius 3 is 2.67 bits per heavy atom. The van der Waals surface area contributed by atoms with Gasteiger partial charge in [-0.1, -0.05) is 6.42 Å². The minimum atomic E-state index is -0.856. The van der Waals surface area contributed by atoms with Gasteiger partial charge in [0.05, 0.1) is 6.42 Å². The third-order valence-electron chi connectivity index (χ3n) is 4.54. The summed E-state index contributed by atoms with van der Waals surface area (Å²) in [6.07, 6.45) is 3.69. The fourth-order valence-corrected chi connectivity index (χ4v) is 3.30. The second kappa shape index (κ2) is 7.11. The van der Waals surface area contributed by atoms with Crippen LogP contribution in [-0.4, -0.2) is 76.6 Å². The summed E-state index contributed by atoms with van der Waals surface area (Å²) in [5.74, 6) is -0.856. The van der Waals surface area contributed by atoms with Crippen molar-refractivity contribution in [3.8, 4) is 0 Å². The van der Waals surface area contributed by atoms with Crippen molar-refractivity contribution in [3.63, 3.8) is 0 Å². The number of aliphatic carboxylic acids is 1. The molecule has 2 rings (SSSR count). The maximum atomic E-state index is 12.7. The zero-order chi connectivity index (χ0) is 15.4. The number of hydrogen-bond acceptors (Lipinski definition) is 3. The quantitative estimate of drug-likeness (QED) is 0.853. The minimum absolute atomic E-state index is 0.00327. The topological polar surface area (TPSA) is 64.1 Å². The van der Waals surface area contributed by atoms with Gasteiger partial charge in [-0.25, -0.2) is 4.79 Å². The maximum Gasteiger partial charge on any atom is 0.320 e. The third kappa shape index (κ3) is 4.09. The van der Waals surface area contributed by atoms with Crippen molar-refractivity contribution in [1.29, 1.82) is 0 Å². The molecule has 21 heavy (non-hydrogen) atoms. The molecule has 1 N–H and O–H groups in total. The van der Waals surface area contributed by atoms with E-state index in [4.69, 9.17) is 5.11 Å². The number of piperazine rings is 1. The van der Waals surface area contributed by atoms with Gasteiger partial charge in [0.2, 0.25) is 0 Å². The van der Waals surface area contributed by atoms with Crippen LogP contribution in [0.15, 0.2) is 0 Å². The van der Waals surface area contributed by atoms with Crippen LogP contribution < -0.4 is 0 Å². The highest BCUT2D eigenvalue weighted by atomic mass is 16.4. The fraction of sp³-hybridized carbons (Fsp3) is 0.867. The number of carboxylic acids is 1. The summed E-state index contributed by atoms with van der Waals surface area (Å²) in [7, 11) is 0. The highest BCUT2D eigenvalue weighted by Crippen LogP contribution is 2.22. The molecule has 0 saturated carbocycles. The maximum absolute atomic E-state index is 12.7. The summed E-state index contributed by atoms with van der Waals surface area (Å²) in [6, 6.07) is 0.516. The number of hydrogen-bond donors (Lipinski definition) is 1. The Balaban J connectivity index is 1.95. The van der Waals surface area contributed by atoms with Crippen LogP contribution in [0.2, 0.25) is 0 Å². The fourth-order valence-electron chi connectivity index (χ4n) is 3.30. The van der Waals surface area contributed by atoms with Crippen LogP contribution in [0.4, 0.5) is 4.79 Å². The van der Waals surface area contributed by atoms with E-state index in [0.29, 0.717) is 6.04 Å². The lowest BCUT2D eigenvalue weighted by atomic mass is 10.00. The lowest BCUT2D eigenvalue weighted by molar-refractivity contribution is -0.137. The summed E-state index contributed by atoms with van der Waals surface area (Å²) in [4.78, 5) is 29.5. The first-order chi connectivity index (χ1) is 9.99. The molecule has 0 aromatic heterocycles. The molecular weight excluding hydrogens is 270 g/mol. The van der Waals surface area contributed by atoms with Crippen molar-refractivity contribution in [1.82, 2.24) is 14.7 Å². The molecule has 0 aliphatic carbocycles. The SMILES string of the molecule is CC(C)N(CCC(=O)O)C(=O)N1CCN2CCCCC2C1. The van der Waals surface area contributed by atoms with E-state index in [1.807, 2.05) is 18.7 Å². The van der Waals surface area contributed by atoms with E-state index in [1.54, 1.807) is 4.90 Å². The first-order valence-corrected chi connectivity index (χ1v) is 8.00. The average molecular weight is 297 g/mol. The van der Waals surface area contributed by atoms with Crippen LogP contribution in [0.5, 0.6) is 0 Å². The molecule has 0 bridgehead atoms. The number of carboxylic acid groups (broad SMARTS) is 1. The standard InChI is InChI=1S/C15H27N3O3/c1-12(2)18(8-6-14(19)20)15(21)17-10-9-16-7-4-3-5-13(16)11-17/h12-13H,3-11H2,1-2H3,(H,19,20). The molecule has 2 fully saturated rings. The second-order valence-electron chi connectivity index (χ2n) is 6.35. The van der Waals surface area contributed by atoms with Crippen molar-refractivity contribution in [2.45, 2.75) is 51.6 Å².